The van der Waals surface area contributed by atoms with Gasteiger partial charge in [0.25, 0.3) is 0 Å². The highest BCUT2D eigenvalue weighted by Crippen LogP contribution is 2.05. The average Bonchev–Trinajstić information content (AvgIpc) is 2.71. The Morgan fingerprint density at radius 3 is 2.00 bits per heavy atom. The van der Waals surface area contributed by atoms with Gasteiger partial charge in [-0.3, -0.25) is 4.98 Å². The standard InChI is InChI=1S/C7H10N2.C4H6N2/c1-9(2)7-3-5-8-6-4-7;1-6-3-2-5-4-6/h3-6H,1-2H3;2-4H,1H3. The van der Waals surface area contributed by atoms with E-state index in [0.29, 0.717) is 0 Å². The van der Waals surface area contributed by atoms with Crippen LogP contribution in [0.3, 0.4) is 0 Å². The van der Waals surface area contributed by atoms with Gasteiger partial charge in [0.05, 0.1) is 6.33 Å². The lowest BCUT2D eigenvalue weighted by atomic mass is 10.4. The molecule has 0 unspecified atom stereocenters. The van der Waals surface area contributed by atoms with E-state index in [9.17, 15) is 0 Å². The molecule has 0 spiro atoms. The van der Waals surface area contributed by atoms with Gasteiger partial charge >= 0.3 is 0 Å². The van der Waals surface area contributed by atoms with Gasteiger partial charge in [0.15, 0.2) is 0 Å². The topological polar surface area (TPSA) is 34.0 Å². The van der Waals surface area contributed by atoms with Crippen LogP contribution in [0, 0.1) is 0 Å². The Morgan fingerprint density at radius 1 is 1.07 bits per heavy atom. The summed E-state index contributed by atoms with van der Waals surface area (Å²) in [6.07, 6.45) is 8.96. The molecule has 4 heteroatoms. The number of nitrogens with zero attached hydrogens (tertiary/aromatic N) is 4. The highest BCUT2D eigenvalue weighted by Gasteiger charge is 1.88. The zero-order chi connectivity index (χ0) is 11.1. The molecule has 15 heavy (non-hydrogen) atoms. The Morgan fingerprint density at radius 2 is 1.73 bits per heavy atom. The Balaban J connectivity index is 0.000000162. The Bertz CT molecular complexity index is 353. The van der Waals surface area contributed by atoms with Crippen LogP contribution in [-0.2, 0) is 7.05 Å². The lowest BCUT2D eigenvalue weighted by Gasteiger charge is -2.10. The second kappa shape index (κ2) is 5.80. The van der Waals surface area contributed by atoms with Crippen molar-refractivity contribution in [1.82, 2.24) is 14.5 Å². The summed E-state index contributed by atoms with van der Waals surface area (Å²) in [5, 5.41) is 0. The van der Waals surface area contributed by atoms with Crippen LogP contribution in [0.25, 0.3) is 0 Å². The molecule has 2 rings (SSSR count). The van der Waals surface area contributed by atoms with Crippen LogP contribution in [0.1, 0.15) is 0 Å². The van der Waals surface area contributed by atoms with Gasteiger partial charge in [0.1, 0.15) is 0 Å². The van der Waals surface area contributed by atoms with Crippen molar-refractivity contribution in [2.45, 2.75) is 0 Å². The molecule has 0 saturated carbocycles. The summed E-state index contributed by atoms with van der Waals surface area (Å²) in [4.78, 5) is 9.73. The average molecular weight is 204 g/mol. The monoisotopic (exact) mass is 204 g/mol. The highest BCUT2D eigenvalue weighted by atomic mass is 15.1. The summed E-state index contributed by atoms with van der Waals surface area (Å²) in [6, 6.07) is 3.94. The normalized spacial score (nSPS) is 9.00. The molecule has 0 radical (unpaired) electrons. The summed E-state index contributed by atoms with van der Waals surface area (Å²) < 4.78 is 1.89. The van der Waals surface area contributed by atoms with Crippen molar-refractivity contribution in [2.75, 3.05) is 19.0 Å². The molecule has 80 valence electrons. The number of aryl methyl sites for hydroxylation is 1. The van der Waals surface area contributed by atoms with E-state index < -0.39 is 0 Å². The summed E-state index contributed by atoms with van der Waals surface area (Å²) in [6.45, 7) is 0. The van der Waals surface area contributed by atoms with Gasteiger partial charge in [-0.1, -0.05) is 0 Å². The van der Waals surface area contributed by atoms with Crippen molar-refractivity contribution in [3.8, 4) is 0 Å². The van der Waals surface area contributed by atoms with Gasteiger partial charge in [0, 0.05) is 51.6 Å². The van der Waals surface area contributed by atoms with Crippen LogP contribution >= 0.6 is 0 Å². The zero-order valence-electron chi connectivity index (χ0n) is 9.33. The Hall–Kier alpha value is -1.84. The molecule has 4 nitrogen and oxygen atoms in total. The molecule has 0 bridgehead atoms. The van der Waals surface area contributed by atoms with Crippen molar-refractivity contribution < 1.29 is 0 Å². The molecule has 0 N–H and O–H groups in total. The second-order valence-corrected chi connectivity index (χ2v) is 3.33. The number of imidazole rings is 1. The van der Waals surface area contributed by atoms with E-state index in [1.165, 1.54) is 5.69 Å². The number of anilines is 1. The minimum atomic E-state index is 1.19. The Kier molecular flexibility index (Phi) is 4.34. The first kappa shape index (κ1) is 11.2. The molecule has 0 aliphatic carbocycles. The van der Waals surface area contributed by atoms with E-state index >= 15 is 0 Å². The predicted molar refractivity (Wildman–Crippen MR) is 61.8 cm³/mol. The number of hydrogen-bond acceptors (Lipinski definition) is 3. The van der Waals surface area contributed by atoms with Gasteiger partial charge < -0.3 is 9.47 Å². The summed E-state index contributed by atoms with van der Waals surface area (Å²) in [5.74, 6) is 0. The van der Waals surface area contributed by atoms with E-state index in [1.54, 1.807) is 24.9 Å². The molecule has 0 fully saturated rings. The quantitative estimate of drug-likeness (QED) is 0.707. The van der Waals surface area contributed by atoms with Gasteiger partial charge in [-0.05, 0) is 12.1 Å². The molecule has 2 aromatic heterocycles. The summed E-state index contributed by atoms with van der Waals surface area (Å²) >= 11 is 0. The van der Waals surface area contributed by atoms with Crippen LogP contribution in [0.2, 0.25) is 0 Å². The van der Waals surface area contributed by atoms with E-state index in [-0.39, 0.29) is 0 Å². The molecule has 2 heterocycles. The molecule has 0 aromatic carbocycles. The Labute approximate surface area is 90.2 Å². The molecular formula is C11H16N4. The molecule has 0 saturated heterocycles. The fourth-order valence-electron chi connectivity index (χ4n) is 0.968. The largest absolute Gasteiger partial charge is 0.378 e. The molecule has 2 aromatic rings. The molecular weight excluding hydrogens is 188 g/mol. The minimum Gasteiger partial charge on any atom is -0.378 e. The van der Waals surface area contributed by atoms with Crippen molar-refractivity contribution in [3.63, 3.8) is 0 Å². The van der Waals surface area contributed by atoms with Crippen LogP contribution < -0.4 is 4.90 Å². The van der Waals surface area contributed by atoms with Crippen LogP contribution in [-0.4, -0.2) is 28.6 Å². The number of pyridine rings is 1. The first-order valence-electron chi connectivity index (χ1n) is 4.69. The van der Waals surface area contributed by atoms with Gasteiger partial charge in [-0.25, -0.2) is 4.98 Å². The maximum Gasteiger partial charge on any atom is 0.0943 e. The van der Waals surface area contributed by atoms with Crippen LogP contribution in [0.15, 0.2) is 43.2 Å². The van der Waals surface area contributed by atoms with Crippen LogP contribution in [0.5, 0.6) is 0 Å². The van der Waals surface area contributed by atoms with Gasteiger partial charge in [-0.15, -0.1) is 0 Å². The third-order valence-corrected chi connectivity index (χ3v) is 1.82. The molecule has 0 amide bonds. The molecule has 0 aliphatic heterocycles. The first-order chi connectivity index (χ1) is 7.20. The second-order valence-electron chi connectivity index (χ2n) is 3.33. The van der Waals surface area contributed by atoms with Gasteiger partial charge in [0.2, 0.25) is 0 Å². The fraction of sp³-hybridized carbons (Fsp3) is 0.273. The van der Waals surface area contributed by atoms with E-state index in [1.807, 2.05) is 48.9 Å². The van der Waals surface area contributed by atoms with Crippen molar-refractivity contribution in [3.05, 3.63) is 43.2 Å². The van der Waals surface area contributed by atoms with Crippen molar-refractivity contribution in [1.29, 1.82) is 0 Å². The zero-order valence-corrected chi connectivity index (χ0v) is 9.33. The number of hydrogen-bond donors (Lipinski definition) is 0. The highest BCUT2D eigenvalue weighted by molar-refractivity contribution is 5.42. The van der Waals surface area contributed by atoms with E-state index in [0.717, 1.165) is 0 Å². The van der Waals surface area contributed by atoms with Crippen molar-refractivity contribution in [2.24, 2.45) is 7.05 Å². The maximum absolute atomic E-state index is 3.90. The lowest BCUT2D eigenvalue weighted by molar-refractivity contribution is 0.913. The van der Waals surface area contributed by atoms with Crippen LogP contribution in [0.4, 0.5) is 5.69 Å². The molecule has 0 atom stereocenters. The summed E-state index contributed by atoms with van der Waals surface area (Å²) in [5.41, 5.74) is 1.19. The third-order valence-electron chi connectivity index (χ3n) is 1.82. The SMILES string of the molecule is CN(C)c1ccncc1.Cn1ccnc1. The van der Waals surface area contributed by atoms with E-state index in [2.05, 4.69) is 9.97 Å². The predicted octanol–water partition coefficient (Wildman–Crippen LogP) is 1.57. The molecule has 0 aliphatic rings. The van der Waals surface area contributed by atoms with Crippen molar-refractivity contribution >= 4 is 5.69 Å². The number of aromatic nitrogens is 3. The van der Waals surface area contributed by atoms with E-state index in [4.69, 9.17) is 0 Å². The third kappa shape index (κ3) is 4.26. The maximum atomic E-state index is 3.90. The lowest BCUT2D eigenvalue weighted by Crippen LogP contribution is -2.07. The first-order valence-corrected chi connectivity index (χ1v) is 4.69. The number of rotatable bonds is 1. The minimum absolute atomic E-state index is 1.19. The fourth-order valence-corrected chi connectivity index (χ4v) is 0.968. The summed E-state index contributed by atoms with van der Waals surface area (Å²) in [7, 11) is 5.96. The smallest absolute Gasteiger partial charge is 0.0943 e. The van der Waals surface area contributed by atoms with Gasteiger partial charge in [-0.2, -0.15) is 0 Å².